The van der Waals surface area contributed by atoms with Crippen LogP contribution in [0, 0.1) is 5.92 Å². The molecular weight excluding hydrogens is 324 g/mol. The highest BCUT2D eigenvalue weighted by molar-refractivity contribution is 9.10. The van der Waals surface area contributed by atoms with Crippen molar-refractivity contribution in [2.45, 2.75) is 32.7 Å². The van der Waals surface area contributed by atoms with Gasteiger partial charge in [0.2, 0.25) is 0 Å². The molecule has 5 heteroatoms. The van der Waals surface area contributed by atoms with Gasteiger partial charge in [-0.1, -0.05) is 34.2 Å². The molecule has 1 saturated carbocycles. The van der Waals surface area contributed by atoms with Gasteiger partial charge in [0.15, 0.2) is 4.80 Å². The Morgan fingerprint density at radius 3 is 3.00 bits per heavy atom. The second-order valence-electron chi connectivity index (χ2n) is 4.87. The molecule has 0 aliphatic heterocycles. The predicted molar refractivity (Wildman–Crippen MR) is 81.1 cm³/mol. The number of aromatic nitrogens is 1. The SMILES string of the molecule is CCCn1c(=NC(=O)C2CC2)sc2cc(Br)ccc21. The molecule has 0 bridgehead atoms. The summed E-state index contributed by atoms with van der Waals surface area (Å²) < 4.78 is 4.39. The van der Waals surface area contributed by atoms with E-state index in [9.17, 15) is 4.79 Å². The van der Waals surface area contributed by atoms with Crippen LogP contribution in [0.1, 0.15) is 26.2 Å². The Kier molecular flexibility index (Phi) is 3.58. The molecule has 19 heavy (non-hydrogen) atoms. The minimum atomic E-state index is 0.0514. The van der Waals surface area contributed by atoms with Gasteiger partial charge in [0, 0.05) is 16.9 Å². The molecule has 1 aliphatic carbocycles. The number of hydrogen-bond donors (Lipinski definition) is 0. The molecule has 1 amide bonds. The fraction of sp³-hybridized carbons (Fsp3) is 0.429. The van der Waals surface area contributed by atoms with Crippen molar-refractivity contribution in [3.05, 3.63) is 27.5 Å². The van der Waals surface area contributed by atoms with E-state index in [2.05, 4.69) is 44.5 Å². The third-order valence-electron chi connectivity index (χ3n) is 3.22. The Hall–Kier alpha value is -0.940. The first-order chi connectivity index (χ1) is 9.19. The van der Waals surface area contributed by atoms with Gasteiger partial charge in [-0.3, -0.25) is 4.79 Å². The smallest absolute Gasteiger partial charge is 0.251 e. The lowest BCUT2D eigenvalue weighted by atomic mass is 10.3. The normalized spacial score (nSPS) is 16.2. The Labute approximate surface area is 124 Å². The monoisotopic (exact) mass is 338 g/mol. The highest BCUT2D eigenvalue weighted by Gasteiger charge is 2.29. The molecule has 0 radical (unpaired) electrons. The summed E-state index contributed by atoms with van der Waals surface area (Å²) in [4.78, 5) is 17.1. The van der Waals surface area contributed by atoms with Crippen molar-refractivity contribution < 1.29 is 4.79 Å². The number of rotatable bonds is 3. The van der Waals surface area contributed by atoms with Crippen LogP contribution < -0.4 is 4.80 Å². The second kappa shape index (κ2) is 5.21. The average molecular weight is 339 g/mol. The van der Waals surface area contributed by atoms with Gasteiger partial charge in [-0.2, -0.15) is 4.99 Å². The highest BCUT2D eigenvalue weighted by Crippen LogP contribution is 2.30. The second-order valence-corrected chi connectivity index (χ2v) is 6.80. The Bertz CT molecular complexity index is 697. The first-order valence-corrected chi connectivity index (χ1v) is 8.17. The van der Waals surface area contributed by atoms with Crippen LogP contribution in [-0.4, -0.2) is 10.5 Å². The van der Waals surface area contributed by atoms with Crippen molar-refractivity contribution >= 4 is 43.4 Å². The van der Waals surface area contributed by atoms with Crippen molar-refractivity contribution in [1.82, 2.24) is 4.57 Å². The standard InChI is InChI=1S/C14H15BrN2OS/c1-2-7-17-11-6-5-10(15)8-12(11)19-14(17)16-13(18)9-3-4-9/h5-6,8-9H,2-4,7H2,1H3. The molecule has 1 fully saturated rings. The van der Waals surface area contributed by atoms with E-state index in [4.69, 9.17) is 0 Å². The van der Waals surface area contributed by atoms with Crippen molar-refractivity contribution in [2.24, 2.45) is 10.9 Å². The number of hydrogen-bond acceptors (Lipinski definition) is 2. The maximum atomic E-state index is 11.9. The van der Waals surface area contributed by atoms with E-state index < -0.39 is 0 Å². The molecular formula is C14H15BrN2OS. The largest absolute Gasteiger partial charge is 0.316 e. The van der Waals surface area contributed by atoms with Gasteiger partial charge >= 0.3 is 0 Å². The fourth-order valence-corrected chi connectivity index (χ4v) is 3.70. The number of halogens is 1. The number of carbonyl (C=O) groups is 1. The molecule has 0 atom stereocenters. The molecule has 0 unspecified atom stereocenters. The first-order valence-electron chi connectivity index (χ1n) is 6.56. The van der Waals surface area contributed by atoms with Gasteiger partial charge in [0.1, 0.15) is 0 Å². The van der Waals surface area contributed by atoms with Gasteiger partial charge in [-0.05, 0) is 37.5 Å². The molecule has 1 aromatic heterocycles. The molecule has 0 N–H and O–H groups in total. The summed E-state index contributed by atoms with van der Waals surface area (Å²) in [5, 5.41) is 0. The van der Waals surface area contributed by atoms with E-state index in [0.717, 1.165) is 40.6 Å². The summed E-state index contributed by atoms with van der Waals surface area (Å²) in [5.41, 5.74) is 1.16. The lowest BCUT2D eigenvalue weighted by molar-refractivity contribution is -0.119. The molecule has 0 spiro atoms. The minimum Gasteiger partial charge on any atom is -0.316 e. The lowest BCUT2D eigenvalue weighted by Crippen LogP contribution is -2.17. The van der Waals surface area contributed by atoms with Crippen molar-refractivity contribution in [1.29, 1.82) is 0 Å². The number of benzene rings is 1. The van der Waals surface area contributed by atoms with Gasteiger partial charge < -0.3 is 4.57 Å². The summed E-state index contributed by atoms with van der Waals surface area (Å²) >= 11 is 5.09. The number of carbonyl (C=O) groups excluding carboxylic acids is 1. The summed E-state index contributed by atoms with van der Waals surface area (Å²) in [6.07, 6.45) is 3.05. The van der Waals surface area contributed by atoms with Gasteiger partial charge in [-0.15, -0.1) is 0 Å². The molecule has 0 saturated heterocycles. The quantitative estimate of drug-likeness (QED) is 0.839. The lowest BCUT2D eigenvalue weighted by Gasteiger charge is -2.02. The maximum Gasteiger partial charge on any atom is 0.251 e. The molecule has 1 heterocycles. The van der Waals surface area contributed by atoms with Crippen LogP contribution >= 0.6 is 27.3 Å². The number of amides is 1. The Morgan fingerprint density at radius 2 is 2.32 bits per heavy atom. The van der Waals surface area contributed by atoms with E-state index in [1.165, 1.54) is 4.70 Å². The zero-order valence-electron chi connectivity index (χ0n) is 10.7. The Balaban J connectivity index is 2.16. The van der Waals surface area contributed by atoms with E-state index in [1.807, 2.05) is 6.07 Å². The molecule has 3 rings (SSSR count). The average Bonchev–Trinajstić information content (AvgIpc) is 3.16. The summed E-state index contributed by atoms with van der Waals surface area (Å²) in [6, 6.07) is 6.21. The van der Waals surface area contributed by atoms with Crippen LogP contribution in [0.25, 0.3) is 10.2 Å². The molecule has 1 aliphatic rings. The van der Waals surface area contributed by atoms with Crippen LogP contribution in [0.5, 0.6) is 0 Å². The minimum absolute atomic E-state index is 0.0514. The molecule has 100 valence electrons. The summed E-state index contributed by atoms with van der Waals surface area (Å²) in [6.45, 7) is 3.04. The van der Waals surface area contributed by atoms with E-state index >= 15 is 0 Å². The fourth-order valence-electron chi connectivity index (χ4n) is 2.09. The van der Waals surface area contributed by atoms with Gasteiger partial charge in [-0.25, -0.2) is 0 Å². The van der Waals surface area contributed by atoms with Crippen molar-refractivity contribution in [3.63, 3.8) is 0 Å². The third-order valence-corrected chi connectivity index (χ3v) is 4.76. The van der Waals surface area contributed by atoms with Crippen LogP contribution in [0.3, 0.4) is 0 Å². The Morgan fingerprint density at radius 1 is 1.53 bits per heavy atom. The van der Waals surface area contributed by atoms with E-state index in [1.54, 1.807) is 11.3 Å². The molecule has 2 aromatic rings. The first kappa shape index (κ1) is 13.1. The van der Waals surface area contributed by atoms with Crippen LogP contribution in [-0.2, 0) is 11.3 Å². The number of thiazole rings is 1. The van der Waals surface area contributed by atoms with Crippen molar-refractivity contribution in [3.8, 4) is 0 Å². The maximum absolute atomic E-state index is 11.9. The predicted octanol–water partition coefficient (Wildman–Crippen LogP) is 3.71. The van der Waals surface area contributed by atoms with E-state index in [0.29, 0.717) is 0 Å². The molecule has 3 nitrogen and oxygen atoms in total. The third kappa shape index (κ3) is 2.67. The van der Waals surface area contributed by atoms with Crippen molar-refractivity contribution in [2.75, 3.05) is 0 Å². The van der Waals surface area contributed by atoms with Crippen LogP contribution in [0.4, 0.5) is 0 Å². The number of nitrogens with zero attached hydrogens (tertiary/aromatic N) is 2. The summed E-state index contributed by atoms with van der Waals surface area (Å²) in [7, 11) is 0. The summed E-state index contributed by atoms with van der Waals surface area (Å²) in [5.74, 6) is 0.238. The van der Waals surface area contributed by atoms with Gasteiger partial charge in [0.25, 0.3) is 5.91 Å². The van der Waals surface area contributed by atoms with Crippen LogP contribution in [0.2, 0.25) is 0 Å². The number of fused-ring (bicyclic) bond motifs is 1. The van der Waals surface area contributed by atoms with E-state index in [-0.39, 0.29) is 11.8 Å². The van der Waals surface area contributed by atoms with Crippen LogP contribution in [0.15, 0.2) is 27.7 Å². The van der Waals surface area contributed by atoms with Gasteiger partial charge in [0.05, 0.1) is 10.2 Å². The zero-order valence-corrected chi connectivity index (χ0v) is 13.1. The highest BCUT2D eigenvalue weighted by atomic mass is 79.9. The number of aryl methyl sites for hydroxylation is 1. The molecule has 1 aromatic carbocycles. The zero-order chi connectivity index (χ0) is 13.4. The topological polar surface area (TPSA) is 34.4 Å².